The van der Waals surface area contributed by atoms with Crippen molar-refractivity contribution in [3.05, 3.63) is 235 Å². The summed E-state index contributed by atoms with van der Waals surface area (Å²) in [5, 5.41) is 1.34. The maximum absolute atomic E-state index is 5.31. The highest BCUT2D eigenvalue weighted by atomic mass is 32.1. The summed E-state index contributed by atoms with van der Waals surface area (Å²) in [6, 6.07) is 77.7. The molecule has 2 aromatic heterocycles. The lowest BCUT2D eigenvalue weighted by molar-refractivity contribution is 0.803. The highest BCUT2D eigenvalue weighted by Gasteiger charge is 2.53. The van der Waals surface area contributed by atoms with Crippen molar-refractivity contribution in [1.82, 2.24) is 4.98 Å². The summed E-state index contributed by atoms with van der Waals surface area (Å²) in [6.07, 6.45) is 0. The number of benzene rings is 8. The molecular formula is C56H35NS. The number of hydrogen-bond donors (Lipinski definition) is 0. The topological polar surface area (TPSA) is 12.9 Å². The van der Waals surface area contributed by atoms with E-state index in [1.165, 1.54) is 81.7 Å². The van der Waals surface area contributed by atoms with Crippen LogP contribution < -0.4 is 0 Å². The van der Waals surface area contributed by atoms with Crippen LogP contribution in [0.5, 0.6) is 0 Å². The largest absolute Gasteiger partial charge is 0.248 e. The molecule has 0 atom stereocenters. The molecule has 8 aromatic carbocycles. The van der Waals surface area contributed by atoms with Crippen molar-refractivity contribution in [1.29, 1.82) is 0 Å². The Balaban J connectivity index is 1.10. The number of thiophene rings is 1. The maximum atomic E-state index is 5.31. The fourth-order valence-corrected chi connectivity index (χ4v) is 11.2. The molecule has 1 nitrogen and oxygen atoms in total. The van der Waals surface area contributed by atoms with Crippen LogP contribution in [0.3, 0.4) is 0 Å². The van der Waals surface area contributed by atoms with Gasteiger partial charge in [0.05, 0.1) is 16.8 Å². The maximum Gasteiger partial charge on any atom is 0.0740 e. The van der Waals surface area contributed by atoms with Crippen LogP contribution in [-0.4, -0.2) is 4.98 Å². The minimum absolute atomic E-state index is 0.418. The molecule has 2 heteroatoms. The van der Waals surface area contributed by atoms with Crippen molar-refractivity contribution in [2.24, 2.45) is 0 Å². The highest BCUT2D eigenvalue weighted by molar-refractivity contribution is 7.22. The summed E-state index contributed by atoms with van der Waals surface area (Å²) in [4.78, 5) is 6.68. The molecule has 0 fully saturated rings. The van der Waals surface area contributed by atoms with Gasteiger partial charge in [-0.25, -0.2) is 4.98 Å². The predicted octanol–water partition coefficient (Wildman–Crippen LogP) is 15.0. The summed E-state index contributed by atoms with van der Waals surface area (Å²) in [5.41, 5.74) is 20.4. The van der Waals surface area contributed by atoms with Gasteiger partial charge in [0.25, 0.3) is 0 Å². The van der Waals surface area contributed by atoms with E-state index in [-0.39, 0.29) is 0 Å². The van der Waals surface area contributed by atoms with E-state index in [9.17, 15) is 0 Å². The number of aromatic nitrogens is 1. The summed E-state index contributed by atoms with van der Waals surface area (Å²) in [7, 11) is 0. The molecule has 2 aliphatic carbocycles. The van der Waals surface area contributed by atoms with Crippen LogP contribution in [0.2, 0.25) is 0 Å². The summed E-state index contributed by atoms with van der Waals surface area (Å²) in [6.45, 7) is 0. The average Bonchev–Trinajstić information content (AvgIpc) is 3.93. The molecule has 0 saturated heterocycles. The van der Waals surface area contributed by atoms with Crippen LogP contribution in [-0.2, 0) is 5.41 Å². The molecular weight excluding hydrogens is 719 g/mol. The van der Waals surface area contributed by atoms with Crippen molar-refractivity contribution in [2.75, 3.05) is 0 Å². The monoisotopic (exact) mass is 753 g/mol. The summed E-state index contributed by atoms with van der Waals surface area (Å²) < 4.78 is 1.33. The Hall–Kier alpha value is -7.13. The zero-order chi connectivity index (χ0) is 38.2. The molecule has 2 heterocycles. The molecule has 0 amide bonds. The Bertz CT molecular complexity index is 3170. The Morgan fingerprint density at radius 3 is 1.52 bits per heavy atom. The number of hydrogen-bond acceptors (Lipinski definition) is 2. The molecule has 0 radical (unpaired) electrons. The second-order valence-corrected chi connectivity index (χ2v) is 16.4. The zero-order valence-corrected chi connectivity index (χ0v) is 32.4. The van der Waals surface area contributed by atoms with E-state index < -0.39 is 5.41 Å². The van der Waals surface area contributed by atoms with Gasteiger partial charge in [0.1, 0.15) is 0 Å². The lowest BCUT2D eigenvalue weighted by Gasteiger charge is -2.30. The molecule has 10 aromatic rings. The number of pyridine rings is 1. The minimum atomic E-state index is -0.418. The van der Waals surface area contributed by atoms with Crippen molar-refractivity contribution < 1.29 is 0 Å². The quantitative estimate of drug-likeness (QED) is 0.171. The van der Waals surface area contributed by atoms with Crippen LogP contribution in [0.4, 0.5) is 0 Å². The van der Waals surface area contributed by atoms with Crippen LogP contribution in [0.15, 0.2) is 212 Å². The lowest BCUT2D eigenvalue weighted by atomic mass is 9.70. The van der Waals surface area contributed by atoms with Crippen molar-refractivity contribution in [3.8, 4) is 77.5 Å². The van der Waals surface area contributed by atoms with E-state index in [1.807, 2.05) is 11.3 Å². The highest BCUT2D eigenvalue weighted by Crippen LogP contribution is 2.67. The van der Waals surface area contributed by atoms with Gasteiger partial charge in [-0.05, 0) is 90.3 Å². The second-order valence-electron chi connectivity index (χ2n) is 15.4. The van der Waals surface area contributed by atoms with Gasteiger partial charge in [-0.3, -0.25) is 0 Å². The third kappa shape index (κ3) is 4.79. The molecule has 270 valence electrons. The van der Waals surface area contributed by atoms with Gasteiger partial charge < -0.3 is 0 Å². The van der Waals surface area contributed by atoms with Crippen molar-refractivity contribution in [2.45, 2.75) is 5.41 Å². The SMILES string of the molecule is c1ccc(-c2ccc(-c3cc(-c4ccccc4-c4cccc5c4-c4sc6ccccc6c4C54c5ccccc5-c5ccccc54)cc(-c4ccccc4)n3)cc2)cc1. The van der Waals surface area contributed by atoms with E-state index in [0.29, 0.717) is 0 Å². The molecule has 1 spiro atoms. The third-order valence-electron chi connectivity index (χ3n) is 12.3. The van der Waals surface area contributed by atoms with E-state index in [0.717, 1.165) is 28.1 Å². The average molecular weight is 754 g/mol. The molecule has 0 N–H and O–H groups in total. The number of fused-ring (bicyclic) bond motifs is 12. The van der Waals surface area contributed by atoms with Gasteiger partial charge >= 0.3 is 0 Å². The first-order valence-corrected chi connectivity index (χ1v) is 20.8. The Morgan fingerprint density at radius 2 is 0.828 bits per heavy atom. The second kappa shape index (κ2) is 13.0. The molecule has 2 aliphatic rings. The van der Waals surface area contributed by atoms with Crippen molar-refractivity contribution >= 4 is 21.4 Å². The first-order chi connectivity index (χ1) is 28.8. The van der Waals surface area contributed by atoms with E-state index >= 15 is 0 Å². The first kappa shape index (κ1) is 33.1. The smallest absolute Gasteiger partial charge is 0.0740 e. The molecule has 0 saturated carbocycles. The standard InChI is InChI=1S/C56H35NS/c1-3-16-36(17-4-1)37-30-32-39(33-31-37)51-35-40(34-50(57-51)38-18-5-2-6-19-38)41-20-7-8-21-42(41)45-25-15-28-49-53(45)55-54(46-24-11-14-29-52(46)58-55)56(49)47-26-12-9-22-43(47)44-23-10-13-27-48(44)56/h1-35H. The van der Waals surface area contributed by atoms with Crippen LogP contribution in [0.25, 0.3) is 87.5 Å². The van der Waals surface area contributed by atoms with Crippen LogP contribution >= 0.6 is 11.3 Å². The van der Waals surface area contributed by atoms with Crippen LogP contribution in [0.1, 0.15) is 22.3 Å². The van der Waals surface area contributed by atoms with Crippen LogP contribution in [0, 0.1) is 0 Å². The molecule has 0 aliphatic heterocycles. The molecule has 0 bridgehead atoms. The van der Waals surface area contributed by atoms with Crippen molar-refractivity contribution in [3.63, 3.8) is 0 Å². The molecule has 58 heavy (non-hydrogen) atoms. The van der Waals surface area contributed by atoms with E-state index in [4.69, 9.17) is 4.98 Å². The van der Waals surface area contributed by atoms with Gasteiger partial charge in [0.15, 0.2) is 0 Å². The van der Waals surface area contributed by atoms with E-state index in [1.54, 1.807) is 0 Å². The lowest BCUT2D eigenvalue weighted by Crippen LogP contribution is -2.25. The zero-order valence-electron chi connectivity index (χ0n) is 31.6. The Morgan fingerprint density at radius 1 is 0.345 bits per heavy atom. The van der Waals surface area contributed by atoms with Gasteiger partial charge in [-0.15, -0.1) is 11.3 Å². The fraction of sp³-hybridized carbons (Fsp3) is 0.0179. The summed E-state index contributed by atoms with van der Waals surface area (Å²) in [5.74, 6) is 0. The first-order valence-electron chi connectivity index (χ1n) is 20.0. The minimum Gasteiger partial charge on any atom is -0.248 e. The normalized spacial score (nSPS) is 13.0. The summed E-state index contributed by atoms with van der Waals surface area (Å²) >= 11 is 1.94. The van der Waals surface area contributed by atoms with Gasteiger partial charge in [-0.2, -0.15) is 0 Å². The van der Waals surface area contributed by atoms with Gasteiger partial charge in [-0.1, -0.05) is 194 Å². The molecule has 12 rings (SSSR count). The predicted molar refractivity (Wildman–Crippen MR) is 243 cm³/mol. The number of rotatable bonds is 5. The fourth-order valence-electron chi connectivity index (χ4n) is 9.88. The number of nitrogens with zero attached hydrogens (tertiary/aromatic N) is 1. The Kier molecular flexibility index (Phi) is 7.38. The van der Waals surface area contributed by atoms with E-state index in [2.05, 4.69) is 212 Å². The van der Waals surface area contributed by atoms with Gasteiger partial charge in [0, 0.05) is 26.3 Å². The Labute approximate surface area is 342 Å². The van der Waals surface area contributed by atoms with Gasteiger partial charge in [0.2, 0.25) is 0 Å². The molecule has 0 unspecified atom stereocenters. The third-order valence-corrected chi connectivity index (χ3v) is 13.5.